The van der Waals surface area contributed by atoms with Crippen molar-refractivity contribution in [3.8, 4) is 0 Å². The lowest BCUT2D eigenvalue weighted by Crippen LogP contribution is -2.28. The molecule has 20 heavy (non-hydrogen) atoms. The standard InChI is InChI=1S/C16H25ClFNO/c1-12(2)9-13(11-19-7-8-20-3)10-14-5-4-6-15(18)16(14)17/h4-6,12-13,19H,7-11H2,1-3H3. The van der Waals surface area contributed by atoms with Crippen molar-refractivity contribution in [1.82, 2.24) is 5.32 Å². The van der Waals surface area contributed by atoms with E-state index in [2.05, 4.69) is 19.2 Å². The van der Waals surface area contributed by atoms with E-state index in [0.717, 1.165) is 31.5 Å². The third kappa shape index (κ3) is 6.21. The normalized spacial score (nSPS) is 12.9. The minimum absolute atomic E-state index is 0.262. The zero-order valence-corrected chi connectivity index (χ0v) is 13.3. The fourth-order valence-corrected chi connectivity index (χ4v) is 2.61. The number of halogens is 2. The van der Waals surface area contributed by atoms with E-state index in [4.69, 9.17) is 16.3 Å². The highest BCUT2D eigenvalue weighted by Crippen LogP contribution is 2.24. The van der Waals surface area contributed by atoms with E-state index in [-0.39, 0.29) is 10.8 Å². The molecule has 0 spiro atoms. The molecule has 2 nitrogen and oxygen atoms in total. The highest BCUT2D eigenvalue weighted by Gasteiger charge is 2.15. The van der Waals surface area contributed by atoms with Crippen LogP contribution >= 0.6 is 11.6 Å². The molecule has 0 heterocycles. The Hall–Kier alpha value is -0.640. The SMILES string of the molecule is COCCNCC(Cc1cccc(F)c1Cl)CC(C)C. The van der Waals surface area contributed by atoms with Crippen molar-refractivity contribution in [3.05, 3.63) is 34.6 Å². The molecule has 0 aliphatic rings. The molecule has 1 unspecified atom stereocenters. The van der Waals surface area contributed by atoms with Gasteiger partial charge in [-0.15, -0.1) is 0 Å². The van der Waals surface area contributed by atoms with E-state index in [1.165, 1.54) is 6.07 Å². The predicted octanol–water partition coefficient (Wildman–Crippen LogP) is 3.92. The molecule has 0 aliphatic heterocycles. The Morgan fingerprint density at radius 1 is 1.35 bits per heavy atom. The Bertz CT molecular complexity index is 398. The van der Waals surface area contributed by atoms with E-state index in [0.29, 0.717) is 18.4 Å². The fraction of sp³-hybridized carbons (Fsp3) is 0.625. The number of ether oxygens (including phenoxy) is 1. The maximum absolute atomic E-state index is 13.5. The summed E-state index contributed by atoms with van der Waals surface area (Å²) in [5, 5.41) is 3.65. The summed E-state index contributed by atoms with van der Waals surface area (Å²) in [4.78, 5) is 0. The average molecular weight is 302 g/mol. The minimum atomic E-state index is -0.334. The molecular formula is C16H25ClFNO. The lowest BCUT2D eigenvalue weighted by molar-refractivity contribution is 0.197. The number of rotatable bonds is 9. The molecule has 0 amide bonds. The Morgan fingerprint density at radius 2 is 2.10 bits per heavy atom. The van der Waals surface area contributed by atoms with Gasteiger partial charge in [-0.3, -0.25) is 0 Å². The van der Waals surface area contributed by atoms with Gasteiger partial charge in [0.1, 0.15) is 5.82 Å². The van der Waals surface area contributed by atoms with Crippen LogP contribution in [-0.2, 0) is 11.2 Å². The molecule has 0 saturated heterocycles. The van der Waals surface area contributed by atoms with Crippen LogP contribution in [0.3, 0.4) is 0 Å². The van der Waals surface area contributed by atoms with Gasteiger partial charge in [-0.25, -0.2) is 4.39 Å². The minimum Gasteiger partial charge on any atom is -0.383 e. The maximum Gasteiger partial charge on any atom is 0.142 e. The number of hydrogen-bond acceptors (Lipinski definition) is 2. The van der Waals surface area contributed by atoms with Crippen molar-refractivity contribution in [2.45, 2.75) is 26.7 Å². The molecule has 0 bridgehead atoms. The lowest BCUT2D eigenvalue weighted by atomic mass is 9.91. The summed E-state index contributed by atoms with van der Waals surface area (Å²) in [6, 6.07) is 5.04. The number of benzene rings is 1. The smallest absolute Gasteiger partial charge is 0.142 e. The Morgan fingerprint density at radius 3 is 2.75 bits per heavy atom. The van der Waals surface area contributed by atoms with Gasteiger partial charge in [0, 0.05) is 13.7 Å². The highest BCUT2D eigenvalue weighted by atomic mass is 35.5. The molecule has 1 atom stereocenters. The molecular weight excluding hydrogens is 277 g/mol. The molecule has 0 aliphatic carbocycles. The Labute approximate surface area is 126 Å². The third-order valence-corrected chi connectivity index (χ3v) is 3.68. The van der Waals surface area contributed by atoms with Gasteiger partial charge in [-0.2, -0.15) is 0 Å². The molecule has 0 saturated carbocycles. The molecule has 0 radical (unpaired) electrons. The monoisotopic (exact) mass is 301 g/mol. The van der Waals surface area contributed by atoms with Gasteiger partial charge in [-0.05, 0) is 42.9 Å². The van der Waals surface area contributed by atoms with Gasteiger partial charge in [0.15, 0.2) is 0 Å². The van der Waals surface area contributed by atoms with Crippen molar-refractivity contribution >= 4 is 11.6 Å². The van der Waals surface area contributed by atoms with Crippen LogP contribution in [0.25, 0.3) is 0 Å². The van der Waals surface area contributed by atoms with Crippen molar-refractivity contribution < 1.29 is 9.13 Å². The first kappa shape index (κ1) is 17.4. The summed E-state index contributed by atoms with van der Waals surface area (Å²) in [6.07, 6.45) is 1.89. The van der Waals surface area contributed by atoms with Crippen LogP contribution in [-0.4, -0.2) is 26.8 Å². The third-order valence-electron chi connectivity index (χ3n) is 3.26. The summed E-state index contributed by atoms with van der Waals surface area (Å²) in [6.45, 7) is 6.84. The second-order valence-electron chi connectivity index (χ2n) is 5.61. The zero-order chi connectivity index (χ0) is 15.0. The van der Waals surface area contributed by atoms with E-state index in [1.54, 1.807) is 13.2 Å². The number of hydrogen-bond donors (Lipinski definition) is 1. The highest BCUT2D eigenvalue weighted by molar-refractivity contribution is 6.31. The predicted molar refractivity (Wildman–Crippen MR) is 82.8 cm³/mol. The molecule has 1 aromatic carbocycles. The molecule has 1 aromatic rings. The largest absolute Gasteiger partial charge is 0.383 e. The second-order valence-corrected chi connectivity index (χ2v) is 5.99. The van der Waals surface area contributed by atoms with Crippen molar-refractivity contribution in [1.29, 1.82) is 0 Å². The van der Waals surface area contributed by atoms with Crippen LogP contribution < -0.4 is 5.32 Å². The fourth-order valence-electron chi connectivity index (χ4n) is 2.40. The van der Waals surface area contributed by atoms with Gasteiger partial charge in [-0.1, -0.05) is 37.6 Å². The zero-order valence-electron chi connectivity index (χ0n) is 12.6. The van der Waals surface area contributed by atoms with Gasteiger partial charge < -0.3 is 10.1 Å². The van der Waals surface area contributed by atoms with Crippen LogP contribution in [0.1, 0.15) is 25.8 Å². The van der Waals surface area contributed by atoms with Crippen molar-refractivity contribution in [3.63, 3.8) is 0 Å². The summed E-state index contributed by atoms with van der Waals surface area (Å²) in [5.74, 6) is 0.725. The second kappa shape index (κ2) is 9.32. The first-order valence-corrected chi connectivity index (χ1v) is 7.55. The number of methoxy groups -OCH3 is 1. The Kier molecular flexibility index (Phi) is 8.12. The van der Waals surface area contributed by atoms with Crippen molar-refractivity contribution in [2.75, 3.05) is 26.8 Å². The number of nitrogens with one attached hydrogen (secondary N) is 1. The lowest BCUT2D eigenvalue weighted by Gasteiger charge is -2.20. The molecule has 1 rings (SSSR count). The first-order chi connectivity index (χ1) is 9.54. The topological polar surface area (TPSA) is 21.3 Å². The van der Waals surface area contributed by atoms with E-state index in [1.807, 2.05) is 6.07 Å². The summed E-state index contributed by atoms with van der Waals surface area (Å²) < 4.78 is 18.5. The Balaban J connectivity index is 2.61. The summed E-state index contributed by atoms with van der Waals surface area (Å²) in [5.41, 5.74) is 0.894. The van der Waals surface area contributed by atoms with Crippen LogP contribution in [0.4, 0.5) is 4.39 Å². The van der Waals surface area contributed by atoms with Gasteiger partial charge in [0.05, 0.1) is 11.6 Å². The van der Waals surface area contributed by atoms with Crippen LogP contribution in [0, 0.1) is 17.7 Å². The van der Waals surface area contributed by atoms with Crippen LogP contribution in [0.15, 0.2) is 18.2 Å². The maximum atomic E-state index is 13.5. The average Bonchev–Trinajstić information content (AvgIpc) is 2.39. The molecule has 0 fully saturated rings. The van der Waals surface area contributed by atoms with Crippen LogP contribution in [0.5, 0.6) is 0 Å². The van der Waals surface area contributed by atoms with Gasteiger partial charge >= 0.3 is 0 Å². The van der Waals surface area contributed by atoms with Gasteiger partial charge in [0.25, 0.3) is 0 Å². The van der Waals surface area contributed by atoms with Crippen molar-refractivity contribution in [2.24, 2.45) is 11.8 Å². The molecule has 0 aromatic heterocycles. The first-order valence-electron chi connectivity index (χ1n) is 7.17. The molecule has 4 heteroatoms. The van der Waals surface area contributed by atoms with E-state index in [9.17, 15) is 4.39 Å². The van der Waals surface area contributed by atoms with Crippen LogP contribution in [0.2, 0.25) is 5.02 Å². The molecule has 114 valence electrons. The summed E-state index contributed by atoms with van der Waals surface area (Å²) in [7, 11) is 1.69. The summed E-state index contributed by atoms with van der Waals surface area (Å²) >= 11 is 6.04. The van der Waals surface area contributed by atoms with E-state index >= 15 is 0 Å². The quantitative estimate of drug-likeness (QED) is 0.698. The molecule has 1 N–H and O–H groups in total. The van der Waals surface area contributed by atoms with Gasteiger partial charge in [0.2, 0.25) is 0 Å². The van der Waals surface area contributed by atoms with E-state index < -0.39 is 0 Å².